The first-order chi connectivity index (χ1) is 11.5. The average Bonchev–Trinajstić information content (AvgIpc) is 3.11. The molecule has 3 N–H and O–H groups in total. The van der Waals surface area contributed by atoms with Crippen molar-refractivity contribution in [1.82, 2.24) is 0 Å². The molecule has 1 aliphatic heterocycles. The van der Waals surface area contributed by atoms with Gasteiger partial charge in [-0.3, -0.25) is 4.79 Å². The number of nitrogens with one attached hydrogen (secondary N) is 1. The number of halogens is 1. The van der Waals surface area contributed by atoms with Gasteiger partial charge in [-0.15, -0.1) is 11.3 Å². The highest BCUT2D eigenvalue weighted by Gasteiger charge is 2.30. The number of hydrogen-bond donors (Lipinski definition) is 2. The number of thiophene rings is 1. The van der Waals surface area contributed by atoms with Crippen LogP contribution in [0.1, 0.15) is 27.2 Å². The number of carbonyl (C=O) groups is 2. The molecule has 1 aliphatic rings. The number of nitrogen functional groups attached to an aromatic ring is 1. The van der Waals surface area contributed by atoms with Crippen molar-refractivity contribution in [2.24, 2.45) is 0 Å². The number of ether oxygens (including phenoxy) is 1. The smallest absolute Gasteiger partial charge is 0.328 e. The van der Waals surface area contributed by atoms with Crippen LogP contribution in [0, 0.1) is 11.3 Å². The summed E-state index contributed by atoms with van der Waals surface area (Å²) in [6.07, 6.45) is 0.495. The van der Waals surface area contributed by atoms with Crippen molar-refractivity contribution in [3.8, 4) is 6.07 Å². The summed E-state index contributed by atoms with van der Waals surface area (Å²) in [5, 5.41) is 13.0. The fourth-order valence-electron chi connectivity index (χ4n) is 2.38. The Morgan fingerprint density at radius 2 is 2.21 bits per heavy atom. The number of carbonyl (C=O) groups excluding carboxylic acids is 2. The molecule has 0 spiro atoms. The van der Waals surface area contributed by atoms with E-state index in [-0.39, 0.29) is 27.9 Å². The van der Waals surface area contributed by atoms with Crippen molar-refractivity contribution < 1.29 is 14.3 Å². The molecular weight excluding hydrogens is 350 g/mol. The lowest BCUT2D eigenvalue weighted by atomic mass is 10.1. The van der Waals surface area contributed by atoms with Gasteiger partial charge in [-0.25, -0.2) is 4.79 Å². The molecule has 0 aliphatic carbocycles. The van der Waals surface area contributed by atoms with Gasteiger partial charge in [0, 0.05) is 12.0 Å². The quantitative estimate of drug-likeness (QED) is 0.640. The zero-order valence-electron chi connectivity index (χ0n) is 12.3. The summed E-state index contributed by atoms with van der Waals surface area (Å²) in [4.78, 5) is 24.5. The number of esters is 1. The van der Waals surface area contributed by atoms with Gasteiger partial charge in [0.15, 0.2) is 0 Å². The topological polar surface area (TPSA) is 105 Å². The number of hydrogen-bond acceptors (Lipinski definition) is 7. The highest BCUT2D eigenvalue weighted by atomic mass is 35.5. The minimum Gasteiger partial charge on any atom is -0.464 e. The molecule has 8 heteroatoms. The minimum absolute atomic E-state index is 0.0845. The third-order valence-electron chi connectivity index (χ3n) is 3.62. The summed E-state index contributed by atoms with van der Waals surface area (Å²) in [6, 6.07) is 8.05. The molecule has 24 heavy (non-hydrogen) atoms. The molecule has 2 aromatic rings. The van der Waals surface area contributed by atoms with E-state index in [1.807, 2.05) is 6.07 Å². The third kappa shape index (κ3) is 2.82. The lowest BCUT2D eigenvalue weighted by molar-refractivity contribution is -0.138. The van der Waals surface area contributed by atoms with E-state index in [0.717, 1.165) is 11.3 Å². The number of nitrogens with zero attached hydrogens (tertiary/aromatic N) is 1. The second-order valence-electron chi connectivity index (χ2n) is 5.12. The second-order valence-corrected chi connectivity index (χ2v) is 6.55. The maximum atomic E-state index is 12.7. The Labute approximate surface area is 146 Å². The number of ketones is 1. The van der Waals surface area contributed by atoms with E-state index in [4.69, 9.17) is 22.1 Å². The van der Waals surface area contributed by atoms with Crippen molar-refractivity contribution in [3.05, 3.63) is 45.3 Å². The number of cyclic esters (lactones) is 1. The van der Waals surface area contributed by atoms with Gasteiger partial charge in [0.25, 0.3) is 0 Å². The van der Waals surface area contributed by atoms with Crippen LogP contribution in [-0.4, -0.2) is 24.4 Å². The number of rotatable bonds is 4. The monoisotopic (exact) mass is 361 g/mol. The number of benzene rings is 1. The first-order valence-corrected chi connectivity index (χ1v) is 8.27. The SMILES string of the molecule is N#Cc1c(NC2CCOC2=O)sc(C(=O)c2ccccc2Cl)c1N. The van der Waals surface area contributed by atoms with E-state index in [0.29, 0.717) is 28.6 Å². The van der Waals surface area contributed by atoms with Gasteiger partial charge in [-0.05, 0) is 12.1 Å². The van der Waals surface area contributed by atoms with E-state index in [1.165, 1.54) is 0 Å². The van der Waals surface area contributed by atoms with Crippen LogP contribution in [-0.2, 0) is 9.53 Å². The van der Waals surface area contributed by atoms with Gasteiger partial charge in [0.1, 0.15) is 27.6 Å². The number of nitrogens with two attached hydrogens (primary N) is 1. The molecule has 0 saturated carbocycles. The first kappa shape index (κ1) is 16.3. The van der Waals surface area contributed by atoms with Crippen molar-refractivity contribution >= 4 is 45.4 Å². The molecule has 122 valence electrons. The van der Waals surface area contributed by atoms with E-state index in [2.05, 4.69) is 5.32 Å². The Morgan fingerprint density at radius 3 is 2.83 bits per heavy atom. The Bertz CT molecular complexity index is 872. The lowest BCUT2D eigenvalue weighted by Crippen LogP contribution is -2.24. The Kier molecular flexibility index (Phi) is 4.42. The van der Waals surface area contributed by atoms with E-state index in [1.54, 1.807) is 24.3 Å². The van der Waals surface area contributed by atoms with Crippen LogP contribution >= 0.6 is 22.9 Å². The average molecular weight is 362 g/mol. The molecular formula is C16H12ClN3O3S. The summed E-state index contributed by atoms with van der Waals surface area (Å²) >= 11 is 7.10. The normalized spacial score (nSPS) is 16.5. The van der Waals surface area contributed by atoms with Crippen LogP contribution in [0.15, 0.2) is 24.3 Å². The van der Waals surface area contributed by atoms with Gasteiger partial charge in [0.2, 0.25) is 5.78 Å². The summed E-state index contributed by atoms with van der Waals surface area (Å²) in [5.74, 6) is -0.744. The standard InChI is InChI=1S/C16H12ClN3O3S/c17-10-4-2-1-3-8(10)13(21)14-12(19)9(7-18)15(24-14)20-11-5-6-23-16(11)22/h1-4,11,20H,5-6,19H2. The predicted octanol–water partition coefficient (Wildman–Crippen LogP) is 2.81. The molecule has 1 aromatic heterocycles. The summed E-state index contributed by atoms with van der Waals surface area (Å²) in [6.45, 7) is 0.324. The van der Waals surface area contributed by atoms with Crippen molar-refractivity contribution in [2.45, 2.75) is 12.5 Å². The number of nitriles is 1. The molecule has 1 aromatic carbocycles. The molecule has 1 saturated heterocycles. The minimum atomic E-state index is -0.543. The van der Waals surface area contributed by atoms with Gasteiger partial charge in [0.05, 0.1) is 17.3 Å². The van der Waals surface area contributed by atoms with Gasteiger partial charge in [-0.2, -0.15) is 5.26 Å². The molecule has 1 unspecified atom stereocenters. The van der Waals surface area contributed by atoms with E-state index < -0.39 is 6.04 Å². The summed E-state index contributed by atoms with van der Waals surface area (Å²) < 4.78 is 4.89. The van der Waals surface area contributed by atoms with Crippen LogP contribution in [0.5, 0.6) is 0 Å². The summed E-state index contributed by atoms with van der Waals surface area (Å²) in [5.41, 5.74) is 6.52. The van der Waals surface area contributed by atoms with E-state index in [9.17, 15) is 14.9 Å². The Hall–Kier alpha value is -2.56. The van der Waals surface area contributed by atoms with Gasteiger partial charge >= 0.3 is 5.97 Å². The first-order valence-electron chi connectivity index (χ1n) is 7.07. The second kappa shape index (κ2) is 6.51. The Balaban J connectivity index is 1.98. The van der Waals surface area contributed by atoms with Crippen LogP contribution in [0.25, 0.3) is 0 Å². The van der Waals surface area contributed by atoms with Crippen LogP contribution in [0.3, 0.4) is 0 Å². The van der Waals surface area contributed by atoms with Gasteiger partial charge in [-0.1, -0.05) is 23.7 Å². The Morgan fingerprint density at radius 1 is 1.46 bits per heavy atom. The highest BCUT2D eigenvalue weighted by molar-refractivity contribution is 7.19. The fraction of sp³-hybridized carbons (Fsp3) is 0.188. The number of anilines is 2. The molecule has 1 atom stereocenters. The zero-order chi connectivity index (χ0) is 17.3. The molecule has 0 bridgehead atoms. The zero-order valence-corrected chi connectivity index (χ0v) is 13.9. The highest BCUT2D eigenvalue weighted by Crippen LogP contribution is 2.38. The van der Waals surface area contributed by atoms with Crippen LogP contribution in [0.2, 0.25) is 5.02 Å². The molecule has 0 radical (unpaired) electrons. The van der Waals surface area contributed by atoms with Crippen LogP contribution < -0.4 is 11.1 Å². The molecule has 2 heterocycles. The van der Waals surface area contributed by atoms with Gasteiger partial charge < -0.3 is 15.8 Å². The molecule has 6 nitrogen and oxygen atoms in total. The third-order valence-corrected chi connectivity index (χ3v) is 5.09. The van der Waals surface area contributed by atoms with Crippen molar-refractivity contribution in [3.63, 3.8) is 0 Å². The maximum absolute atomic E-state index is 12.7. The maximum Gasteiger partial charge on any atom is 0.328 e. The van der Waals surface area contributed by atoms with E-state index >= 15 is 0 Å². The molecule has 1 fully saturated rings. The molecule has 0 amide bonds. The van der Waals surface area contributed by atoms with Crippen molar-refractivity contribution in [1.29, 1.82) is 5.26 Å². The van der Waals surface area contributed by atoms with Crippen molar-refractivity contribution in [2.75, 3.05) is 17.7 Å². The largest absolute Gasteiger partial charge is 0.464 e. The summed E-state index contributed by atoms with van der Waals surface area (Å²) in [7, 11) is 0. The van der Waals surface area contributed by atoms with Crippen LogP contribution in [0.4, 0.5) is 10.7 Å². The predicted molar refractivity (Wildman–Crippen MR) is 91.3 cm³/mol. The molecule has 3 rings (SSSR count). The fourth-order valence-corrected chi connectivity index (χ4v) is 3.68. The lowest BCUT2D eigenvalue weighted by Gasteiger charge is -2.07.